The van der Waals surface area contributed by atoms with Gasteiger partial charge in [0.25, 0.3) is 5.91 Å². The number of hydrogen-bond acceptors (Lipinski definition) is 2. The van der Waals surface area contributed by atoms with E-state index in [1.807, 2.05) is 0 Å². The summed E-state index contributed by atoms with van der Waals surface area (Å²) in [6.45, 7) is 2.35. The number of amides is 1. The van der Waals surface area contributed by atoms with Gasteiger partial charge in [0.15, 0.2) is 0 Å². The Bertz CT molecular complexity index is 493. The van der Waals surface area contributed by atoms with E-state index in [1.165, 1.54) is 11.9 Å². The lowest BCUT2D eigenvalue weighted by molar-refractivity contribution is 0.0774. The van der Waals surface area contributed by atoms with E-state index in [1.54, 1.807) is 0 Å². The molecular formula is C15H19F3N2O. The summed E-state index contributed by atoms with van der Waals surface area (Å²) in [5.74, 6) is -3.58. The first-order chi connectivity index (χ1) is 9.99. The molecule has 1 N–H and O–H groups in total. The molecule has 0 unspecified atom stereocenters. The fourth-order valence-electron chi connectivity index (χ4n) is 2.59. The van der Waals surface area contributed by atoms with E-state index in [9.17, 15) is 18.0 Å². The topological polar surface area (TPSA) is 32.3 Å². The second-order valence-electron chi connectivity index (χ2n) is 5.45. The zero-order chi connectivity index (χ0) is 15.4. The third-order valence-corrected chi connectivity index (χ3v) is 3.90. The second-order valence-corrected chi connectivity index (χ2v) is 5.45. The Morgan fingerprint density at radius 2 is 1.81 bits per heavy atom. The van der Waals surface area contributed by atoms with E-state index in [0.717, 1.165) is 32.4 Å². The molecule has 0 saturated carbocycles. The van der Waals surface area contributed by atoms with E-state index in [4.69, 9.17) is 0 Å². The van der Waals surface area contributed by atoms with Crippen molar-refractivity contribution >= 4 is 5.91 Å². The first-order valence-electron chi connectivity index (χ1n) is 7.09. The van der Waals surface area contributed by atoms with Gasteiger partial charge in [-0.3, -0.25) is 4.79 Å². The van der Waals surface area contributed by atoms with Crippen molar-refractivity contribution in [3.05, 3.63) is 35.1 Å². The van der Waals surface area contributed by atoms with E-state index < -0.39 is 28.9 Å². The van der Waals surface area contributed by atoms with Crippen LogP contribution in [0.4, 0.5) is 13.2 Å². The summed E-state index contributed by atoms with van der Waals surface area (Å²) in [4.78, 5) is 13.4. The van der Waals surface area contributed by atoms with Crippen LogP contribution in [0.1, 0.15) is 29.6 Å². The molecule has 2 rings (SSSR count). The number of piperidine rings is 1. The lowest BCUT2D eigenvalue weighted by Gasteiger charge is -2.25. The molecule has 6 heteroatoms. The molecule has 21 heavy (non-hydrogen) atoms. The molecule has 3 nitrogen and oxygen atoms in total. The van der Waals surface area contributed by atoms with Gasteiger partial charge in [-0.2, -0.15) is 0 Å². The molecule has 0 aliphatic carbocycles. The fourth-order valence-corrected chi connectivity index (χ4v) is 2.59. The van der Waals surface area contributed by atoms with E-state index in [0.29, 0.717) is 24.6 Å². The van der Waals surface area contributed by atoms with Crippen molar-refractivity contribution in [2.75, 3.05) is 26.7 Å². The molecule has 1 fully saturated rings. The summed E-state index contributed by atoms with van der Waals surface area (Å²) in [5, 5.41) is 3.26. The highest BCUT2D eigenvalue weighted by Crippen LogP contribution is 2.19. The lowest BCUT2D eigenvalue weighted by atomic mass is 9.94. The third-order valence-electron chi connectivity index (χ3n) is 3.90. The smallest absolute Gasteiger partial charge is 0.259 e. The molecule has 0 aromatic heterocycles. The van der Waals surface area contributed by atoms with Crippen molar-refractivity contribution in [3.8, 4) is 0 Å². The Labute approximate surface area is 122 Å². The Morgan fingerprint density at radius 3 is 2.38 bits per heavy atom. The summed E-state index contributed by atoms with van der Waals surface area (Å²) in [6.07, 6.45) is 2.89. The molecule has 116 valence electrons. The quantitative estimate of drug-likeness (QED) is 0.927. The van der Waals surface area contributed by atoms with E-state index in [-0.39, 0.29) is 0 Å². The predicted octanol–water partition coefficient (Wildman–Crippen LogP) is 2.57. The van der Waals surface area contributed by atoms with Crippen LogP contribution in [-0.4, -0.2) is 37.5 Å². The van der Waals surface area contributed by atoms with Gasteiger partial charge in [0, 0.05) is 25.7 Å². The van der Waals surface area contributed by atoms with Crippen LogP contribution < -0.4 is 5.32 Å². The normalized spacial score (nSPS) is 16.0. The van der Waals surface area contributed by atoms with Gasteiger partial charge in [0.2, 0.25) is 0 Å². The summed E-state index contributed by atoms with van der Waals surface area (Å²) >= 11 is 0. The fraction of sp³-hybridized carbons (Fsp3) is 0.533. The average molecular weight is 300 g/mol. The van der Waals surface area contributed by atoms with Crippen molar-refractivity contribution < 1.29 is 18.0 Å². The van der Waals surface area contributed by atoms with Gasteiger partial charge in [-0.05, 0) is 38.3 Å². The standard InChI is InChI=1S/C15H19F3N2O/c1-20(7-4-10-2-5-19-6-3-10)15(21)14-12(17)8-11(16)9-13(14)18/h8-10,19H,2-7H2,1H3. The van der Waals surface area contributed by atoms with E-state index in [2.05, 4.69) is 5.32 Å². The molecular weight excluding hydrogens is 281 g/mol. The van der Waals surface area contributed by atoms with Gasteiger partial charge in [-0.1, -0.05) is 0 Å². The van der Waals surface area contributed by atoms with Crippen molar-refractivity contribution in [2.45, 2.75) is 19.3 Å². The Morgan fingerprint density at radius 1 is 1.24 bits per heavy atom. The molecule has 1 aliphatic rings. The number of benzene rings is 1. The number of rotatable bonds is 4. The minimum Gasteiger partial charge on any atom is -0.342 e. The molecule has 1 aromatic carbocycles. The monoisotopic (exact) mass is 300 g/mol. The first-order valence-corrected chi connectivity index (χ1v) is 7.09. The van der Waals surface area contributed by atoms with Crippen LogP contribution >= 0.6 is 0 Å². The Kier molecular flexibility index (Phi) is 5.22. The van der Waals surface area contributed by atoms with Crippen LogP contribution in [0.3, 0.4) is 0 Å². The molecule has 0 radical (unpaired) electrons. The summed E-state index contributed by atoms with van der Waals surface area (Å²) < 4.78 is 40.0. The SMILES string of the molecule is CN(CCC1CCNCC1)C(=O)c1c(F)cc(F)cc1F. The maximum Gasteiger partial charge on any atom is 0.259 e. The zero-order valence-corrected chi connectivity index (χ0v) is 12.0. The Hall–Kier alpha value is -1.56. The van der Waals surface area contributed by atoms with Crippen LogP contribution in [0.2, 0.25) is 0 Å². The summed E-state index contributed by atoms with van der Waals surface area (Å²) in [5.41, 5.74) is -0.691. The molecule has 1 amide bonds. The molecule has 1 saturated heterocycles. The van der Waals surface area contributed by atoms with Gasteiger partial charge in [-0.15, -0.1) is 0 Å². The predicted molar refractivity (Wildman–Crippen MR) is 73.5 cm³/mol. The highest BCUT2D eigenvalue weighted by molar-refractivity contribution is 5.94. The Balaban J connectivity index is 1.99. The number of nitrogens with zero attached hydrogens (tertiary/aromatic N) is 1. The van der Waals surface area contributed by atoms with Crippen LogP contribution in [0, 0.1) is 23.4 Å². The average Bonchev–Trinajstić information content (AvgIpc) is 2.44. The zero-order valence-electron chi connectivity index (χ0n) is 12.0. The maximum atomic E-state index is 13.6. The van der Waals surface area contributed by atoms with Gasteiger partial charge >= 0.3 is 0 Å². The molecule has 1 aliphatic heterocycles. The first kappa shape index (κ1) is 15.8. The van der Waals surface area contributed by atoms with Crippen molar-refractivity contribution in [1.29, 1.82) is 0 Å². The molecule has 1 aromatic rings. The minimum absolute atomic E-state index is 0.430. The highest BCUT2D eigenvalue weighted by atomic mass is 19.1. The van der Waals surface area contributed by atoms with E-state index >= 15 is 0 Å². The molecule has 0 atom stereocenters. The van der Waals surface area contributed by atoms with Gasteiger partial charge < -0.3 is 10.2 Å². The lowest BCUT2D eigenvalue weighted by Crippen LogP contribution is -2.33. The van der Waals surface area contributed by atoms with Gasteiger partial charge in [0.05, 0.1) is 0 Å². The molecule has 0 spiro atoms. The minimum atomic E-state index is -1.16. The van der Waals surface area contributed by atoms with Gasteiger partial charge in [-0.25, -0.2) is 13.2 Å². The largest absolute Gasteiger partial charge is 0.342 e. The van der Waals surface area contributed by atoms with Crippen LogP contribution in [0.5, 0.6) is 0 Å². The summed E-state index contributed by atoms with van der Waals surface area (Å²) in [6, 6.07) is 1.05. The van der Waals surface area contributed by atoms with Crippen LogP contribution in [0.25, 0.3) is 0 Å². The number of halogens is 3. The van der Waals surface area contributed by atoms with Crippen molar-refractivity contribution in [3.63, 3.8) is 0 Å². The van der Waals surface area contributed by atoms with Crippen molar-refractivity contribution in [2.24, 2.45) is 5.92 Å². The number of carbonyl (C=O) groups is 1. The van der Waals surface area contributed by atoms with Gasteiger partial charge in [0.1, 0.15) is 23.0 Å². The third kappa shape index (κ3) is 3.97. The number of hydrogen-bond donors (Lipinski definition) is 1. The highest BCUT2D eigenvalue weighted by Gasteiger charge is 2.23. The van der Waals surface area contributed by atoms with Crippen molar-refractivity contribution in [1.82, 2.24) is 10.2 Å². The second kappa shape index (κ2) is 6.93. The molecule has 0 bridgehead atoms. The molecule has 1 heterocycles. The maximum absolute atomic E-state index is 13.6. The van der Waals surface area contributed by atoms with Crippen LogP contribution in [0.15, 0.2) is 12.1 Å². The summed E-state index contributed by atoms with van der Waals surface area (Å²) in [7, 11) is 1.51. The number of nitrogens with one attached hydrogen (secondary N) is 1. The van der Waals surface area contributed by atoms with Crippen LogP contribution in [-0.2, 0) is 0 Å². The number of carbonyl (C=O) groups excluding carboxylic acids is 1.